The molecule has 0 radical (unpaired) electrons. The number of carbonyl (C=O) groups excluding carboxylic acids is 1. The van der Waals surface area contributed by atoms with E-state index in [0.29, 0.717) is 31.4 Å². The number of aromatic nitrogens is 2. The van der Waals surface area contributed by atoms with Crippen LogP contribution in [0.1, 0.15) is 52.1 Å². The molecular weight excluding hydrogens is 306 g/mol. The van der Waals surface area contributed by atoms with Gasteiger partial charge in [0, 0.05) is 19.0 Å². The Balaban J connectivity index is 1.51. The van der Waals surface area contributed by atoms with Gasteiger partial charge in [0.1, 0.15) is 6.10 Å². The number of aryl methyl sites for hydroxylation is 3. The number of fused-ring (bicyclic) bond motifs is 1. The average Bonchev–Trinajstić information content (AvgIpc) is 3.07. The Morgan fingerprint density at radius 1 is 1.25 bits per heavy atom. The molecule has 1 aromatic heterocycles. The first-order chi connectivity index (χ1) is 11.7. The number of amides is 1. The third-order valence-corrected chi connectivity index (χ3v) is 4.78. The summed E-state index contributed by atoms with van der Waals surface area (Å²) >= 11 is 0. The predicted molar refractivity (Wildman–Crippen MR) is 86.7 cm³/mol. The molecule has 1 atom stereocenters. The lowest BCUT2D eigenvalue weighted by Crippen LogP contribution is -2.42. The van der Waals surface area contributed by atoms with E-state index in [4.69, 9.17) is 9.26 Å². The molecule has 6 nitrogen and oxygen atoms in total. The quantitative estimate of drug-likeness (QED) is 0.847. The molecule has 4 rings (SSSR count). The van der Waals surface area contributed by atoms with Gasteiger partial charge in [-0.2, -0.15) is 4.98 Å². The van der Waals surface area contributed by atoms with Gasteiger partial charge in [-0.25, -0.2) is 0 Å². The summed E-state index contributed by atoms with van der Waals surface area (Å²) in [5.41, 5.74) is 3.48. The summed E-state index contributed by atoms with van der Waals surface area (Å²) in [4.78, 5) is 18.9. The van der Waals surface area contributed by atoms with Gasteiger partial charge in [0.25, 0.3) is 5.91 Å². The van der Waals surface area contributed by atoms with Crippen LogP contribution in [0.4, 0.5) is 0 Å². The number of morpholine rings is 1. The SMILES string of the molecule is Cc1nc([C@@H]2CN(C(=O)c3ccc4c(c3)CCCC4)CCO2)no1. The van der Waals surface area contributed by atoms with Crippen LogP contribution in [0, 0.1) is 6.92 Å². The van der Waals surface area contributed by atoms with Crippen LogP contribution in [-0.2, 0) is 17.6 Å². The molecule has 1 fully saturated rings. The van der Waals surface area contributed by atoms with Crippen molar-refractivity contribution in [1.29, 1.82) is 0 Å². The monoisotopic (exact) mass is 327 g/mol. The first-order valence-electron chi connectivity index (χ1n) is 8.53. The topological polar surface area (TPSA) is 68.5 Å². The van der Waals surface area contributed by atoms with E-state index in [9.17, 15) is 4.79 Å². The Kier molecular flexibility index (Phi) is 4.06. The highest BCUT2D eigenvalue weighted by Gasteiger charge is 2.29. The van der Waals surface area contributed by atoms with Crippen molar-refractivity contribution in [2.45, 2.75) is 38.7 Å². The van der Waals surface area contributed by atoms with E-state index >= 15 is 0 Å². The van der Waals surface area contributed by atoms with Gasteiger partial charge in [0.05, 0.1) is 13.2 Å². The van der Waals surface area contributed by atoms with Crippen LogP contribution in [0.5, 0.6) is 0 Å². The fourth-order valence-electron chi connectivity index (χ4n) is 3.48. The standard InChI is InChI=1S/C18H21N3O3/c1-12-19-17(20-24-12)16-11-21(8-9-23-16)18(22)15-7-6-13-4-2-3-5-14(13)10-15/h6-7,10,16H,2-5,8-9,11H2,1H3/t16-/m0/s1. The largest absolute Gasteiger partial charge is 0.366 e. The van der Waals surface area contributed by atoms with Gasteiger partial charge >= 0.3 is 0 Å². The van der Waals surface area contributed by atoms with Gasteiger partial charge in [0.15, 0.2) is 0 Å². The molecule has 24 heavy (non-hydrogen) atoms. The zero-order chi connectivity index (χ0) is 16.5. The second-order valence-corrected chi connectivity index (χ2v) is 6.47. The zero-order valence-corrected chi connectivity index (χ0v) is 13.8. The second-order valence-electron chi connectivity index (χ2n) is 6.47. The minimum absolute atomic E-state index is 0.0527. The van der Waals surface area contributed by atoms with Crippen LogP contribution in [0.2, 0.25) is 0 Å². The second kappa shape index (κ2) is 6.36. The smallest absolute Gasteiger partial charge is 0.254 e. The van der Waals surface area contributed by atoms with E-state index < -0.39 is 0 Å². The van der Waals surface area contributed by atoms with Crippen molar-refractivity contribution in [3.63, 3.8) is 0 Å². The highest BCUT2D eigenvalue weighted by molar-refractivity contribution is 5.94. The lowest BCUT2D eigenvalue weighted by atomic mass is 9.90. The number of hydrogen-bond acceptors (Lipinski definition) is 5. The Labute approximate surface area is 140 Å². The molecule has 1 amide bonds. The van der Waals surface area contributed by atoms with Crippen molar-refractivity contribution < 1.29 is 14.1 Å². The van der Waals surface area contributed by atoms with Crippen LogP contribution in [0.25, 0.3) is 0 Å². The molecule has 2 heterocycles. The van der Waals surface area contributed by atoms with E-state index in [1.807, 2.05) is 11.0 Å². The fourth-order valence-corrected chi connectivity index (χ4v) is 3.48. The summed E-state index contributed by atoms with van der Waals surface area (Å²) in [5.74, 6) is 1.07. The Hall–Kier alpha value is -2.21. The van der Waals surface area contributed by atoms with Crippen molar-refractivity contribution >= 4 is 5.91 Å². The van der Waals surface area contributed by atoms with Crippen molar-refractivity contribution in [2.24, 2.45) is 0 Å². The molecule has 2 aliphatic rings. The molecule has 1 aliphatic carbocycles. The Morgan fingerprint density at radius 2 is 2.08 bits per heavy atom. The number of hydrogen-bond donors (Lipinski definition) is 0. The number of nitrogens with zero attached hydrogens (tertiary/aromatic N) is 3. The van der Waals surface area contributed by atoms with E-state index in [1.165, 1.54) is 24.0 Å². The molecular formula is C18H21N3O3. The molecule has 1 aliphatic heterocycles. The van der Waals surface area contributed by atoms with Crippen molar-refractivity contribution in [2.75, 3.05) is 19.7 Å². The van der Waals surface area contributed by atoms with Crippen molar-refractivity contribution in [3.05, 3.63) is 46.6 Å². The highest BCUT2D eigenvalue weighted by atomic mass is 16.5. The van der Waals surface area contributed by atoms with Crippen molar-refractivity contribution in [1.82, 2.24) is 15.0 Å². The normalized spacial score (nSPS) is 20.7. The number of benzene rings is 1. The van der Waals surface area contributed by atoms with Crippen LogP contribution in [0.3, 0.4) is 0 Å². The van der Waals surface area contributed by atoms with Gasteiger partial charge in [-0.3, -0.25) is 4.79 Å². The number of carbonyl (C=O) groups is 1. The summed E-state index contributed by atoms with van der Waals surface area (Å²) in [5, 5.41) is 3.91. The van der Waals surface area contributed by atoms with E-state index in [-0.39, 0.29) is 12.0 Å². The van der Waals surface area contributed by atoms with Gasteiger partial charge in [-0.1, -0.05) is 11.2 Å². The molecule has 0 bridgehead atoms. The molecule has 0 spiro atoms. The predicted octanol–water partition coefficient (Wildman–Crippen LogP) is 2.47. The minimum atomic E-state index is -0.322. The summed E-state index contributed by atoms with van der Waals surface area (Å²) in [6, 6.07) is 6.14. The van der Waals surface area contributed by atoms with Crippen molar-refractivity contribution in [3.8, 4) is 0 Å². The van der Waals surface area contributed by atoms with Crippen LogP contribution >= 0.6 is 0 Å². The molecule has 1 saturated heterocycles. The third kappa shape index (κ3) is 2.94. The molecule has 0 unspecified atom stereocenters. The molecule has 126 valence electrons. The minimum Gasteiger partial charge on any atom is -0.366 e. The van der Waals surface area contributed by atoms with E-state index in [1.54, 1.807) is 6.92 Å². The molecule has 1 aromatic carbocycles. The zero-order valence-electron chi connectivity index (χ0n) is 13.8. The summed E-state index contributed by atoms with van der Waals surface area (Å²) in [7, 11) is 0. The summed E-state index contributed by atoms with van der Waals surface area (Å²) < 4.78 is 10.7. The molecule has 6 heteroatoms. The summed E-state index contributed by atoms with van der Waals surface area (Å²) in [6.45, 7) is 3.27. The van der Waals surface area contributed by atoms with Crippen LogP contribution < -0.4 is 0 Å². The number of ether oxygens (including phenoxy) is 1. The van der Waals surface area contributed by atoms with Gasteiger partial charge in [-0.15, -0.1) is 0 Å². The van der Waals surface area contributed by atoms with E-state index in [2.05, 4.69) is 22.3 Å². The molecule has 0 N–H and O–H groups in total. The highest BCUT2D eigenvalue weighted by Crippen LogP contribution is 2.25. The molecule has 2 aromatic rings. The third-order valence-electron chi connectivity index (χ3n) is 4.78. The first kappa shape index (κ1) is 15.3. The van der Waals surface area contributed by atoms with Crippen LogP contribution in [0.15, 0.2) is 22.7 Å². The number of rotatable bonds is 2. The first-order valence-corrected chi connectivity index (χ1v) is 8.53. The summed E-state index contributed by atoms with van der Waals surface area (Å²) in [6.07, 6.45) is 4.33. The molecule has 0 saturated carbocycles. The fraction of sp³-hybridized carbons (Fsp3) is 0.500. The maximum absolute atomic E-state index is 12.9. The lowest BCUT2D eigenvalue weighted by Gasteiger charge is -2.31. The maximum atomic E-state index is 12.9. The van der Waals surface area contributed by atoms with Gasteiger partial charge in [-0.05, 0) is 48.9 Å². The average molecular weight is 327 g/mol. The Bertz CT molecular complexity index is 756. The van der Waals surface area contributed by atoms with Gasteiger partial charge in [0.2, 0.25) is 11.7 Å². The van der Waals surface area contributed by atoms with E-state index in [0.717, 1.165) is 18.4 Å². The van der Waals surface area contributed by atoms with Gasteiger partial charge < -0.3 is 14.2 Å². The maximum Gasteiger partial charge on any atom is 0.254 e. The Morgan fingerprint density at radius 3 is 2.88 bits per heavy atom. The lowest BCUT2D eigenvalue weighted by molar-refractivity contribution is -0.0276. The van der Waals surface area contributed by atoms with Crippen LogP contribution in [-0.4, -0.2) is 40.6 Å².